The van der Waals surface area contributed by atoms with E-state index < -0.39 is 0 Å². The van der Waals surface area contributed by atoms with Crippen molar-refractivity contribution in [2.24, 2.45) is 5.92 Å². The van der Waals surface area contributed by atoms with E-state index in [1.807, 2.05) is 16.6 Å². The first-order chi connectivity index (χ1) is 13.9. The molecule has 2 fully saturated rings. The van der Waals surface area contributed by atoms with Gasteiger partial charge in [0.2, 0.25) is 0 Å². The fourth-order valence-electron chi connectivity index (χ4n) is 3.73. The second-order valence-electron chi connectivity index (χ2n) is 9.11. The predicted octanol–water partition coefficient (Wildman–Crippen LogP) is 1.86. The van der Waals surface area contributed by atoms with E-state index in [-0.39, 0.29) is 11.0 Å². The molecule has 5 rings (SSSR count). The van der Waals surface area contributed by atoms with Crippen molar-refractivity contribution in [1.29, 1.82) is 0 Å². The summed E-state index contributed by atoms with van der Waals surface area (Å²) in [7, 11) is 0. The molecule has 0 spiro atoms. The molecule has 0 aromatic carbocycles. The molecule has 0 unspecified atom stereocenters. The van der Waals surface area contributed by atoms with Crippen LogP contribution in [0.2, 0.25) is 0 Å². The van der Waals surface area contributed by atoms with Crippen molar-refractivity contribution in [1.82, 2.24) is 29.4 Å². The number of fused-ring (bicyclic) bond motifs is 1. The average Bonchev–Trinajstić information content (AvgIpc) is 3.38. The average molecular weight is 394 g/mol. The Balaban J connectivity index is 1.23. The summed E-state index contributed by atoms with van der Waals surface area (Å²) in [4.78, 5) is 18.9. The van der Waals surface area contributed by atoms with Crippen LogP contribution in [0, 0.1) is 5.92 Å². The third kappa shape index (κ3) is 3.34. The Bertz CT molecular complexity index is 1100. The van der Waals surface area contributed by atoms with Gasteiger partial charge in [0.05, 0.1) is 0 Å². The lowest BCUT2D eigenvalue weighted by atomic mass is 9.96. The molecule has 1 saturated carbocycles. The SMILES string of the molecule is CC(C)(C)c1nnc2ccc(N3CC(CNc4nccn(C5CC5)c4=O)C3)nn12. The van der Waals surface area contributed by atoms with Crippen LogP contribution in [0.25, 0.3) is 5.65 Å². The first-order valence-corrected chi connectivity index (χ1v) is 10.2. The van der Waals surface area contributed by atoms with Gasteiger partial charge in [-0.05, 0) is 25.0 Å². The minimum atomic E-state index is -0.123. The van der Waals surface area contributed by atoms with Crippen molar-refractivity contribution in [3.63, 3.8) is 0 Å². The summed E-state index contributed by atoms with van der Waals surface area (Å²) < 4.78 is 3.64. The lowest BCUT2D eigenvalue weighted by Crippen LogP contribution is -2.50. The van der Waals surface area contributed by atoms with Crippen LogP contribution in [0.15, 0.2) is 29.3 Å². The summed E-state index contributed by atoms with van der Waals surface area (Å²) in [6, 6.07) is 4.32. The van der Waals surface area contributed by atoms with Gasteiger partial charge in [-0.15, -0.1) is 15.3 Å². The molecule has 2 aliphatic rings. The number of nitrogens with zero attached hydrogens (tertiary/aromatic N) is 7. The normalized spacial score (nSPS) is 17.6. The fraction of sp³-hybridized carbons (Fsp3) is 0.550. The molecule has 4 heterocycles. The lowest BCUT2D eigenvalue weighted by molar-refractivity contribution is 0.423. The van der Waals surface area contributed by atoms with Gasteiger partial charge in [0.1, 0.15) is 5.82 Å². The van der Waals surface area contributed by atoms with Crippen LogP contribution >= 0.6 is 0 Å². The number of nitrogens with one attached hydrogen (secondary N) is 1. The van der Waals surface area contributed by atoms with Crippen LogP contribution in [-0.4, -0.2) is 49.0 Å². The van der Waals surface area contributed by atoms with Crippen LogP contribution < -0.4 is 15.8 Å². The summed E-state index contributed by atoms with van der Waals surface area (Å²) in [6.07, 6.45) is 5.67. The molecular weight excluding hydrogens is 368 g/mol. The summed E-state index contributed by atoms with van der Waals surface area (Å²) in [5.41, 5.74) is 0.628. The fourth-order valence-corrected chi connectivity index (χ4v) is 3.73. The molecule has 3 aromatic heterocycles. The Kier molecular flexibility index (Phi) is 4.07. The summed E-state index contributed by atoms with van der Waals surface area (Å²) in [5, 5.41) is 16.5. The van der Waals surface area contributed by atoms with E-state index >= 15 is 0 Å². The molecule has 29 heavy (non-hydrogen) atoms. The largest absolute Gasteiger partial charge is 0.365 e. The monoisotopic (exact) mass is 394 g/mol. The standard InChI is InChI=1S/C20H26N8O/c1-20(2,3)19-24-23-15-6-7-16(25-28(15)19)26-11-13(12-26)10-22-17-18(29)27(9-8-21-17)14-4-5-14/h6-9,13-14H,4-5,10-12H2,1-3H3,(H,21,22). The van der Waals surface area contributed by atoms with Gasteiger partial charge in [-0.3, -0.25) is 4.79 Å². The van der Waals surface area contributed by atoms with E-state index in [1.54, 1.807) is 17.0 Å². The van der Waals surface area contributed by atoms with Crippen LogP contribution in [0.5, 0.6) is 0 Å². The molecular formula is C20H26N8O. The Labute approximate surface area is 168 Å². The van der Waals surface area contributed by atoms with Crippen LogP contribution in [0.1, 0.15) is 45.5 Å². The van der Waals surface area contributed by atoms with E-state index in [4.69, 9.17) is 5.10 Å². The lowest BCUT2D eigenvalue weighted by Gasteiger charge is -2.40. The van der Waals surface area contributed by atoms with Crippen LogP contribution in [-0.2, 0) is 5.41 Å². The highest BCUT2D eigenvalue weighted by Gasteiger charge is 2.30. The van der Waals surface area contributed by atoms with Crippen LogP contribution in [0.3, 0.4) is 0 Å². The zero-order chi connectivity index (χ0) is 20.2. The molecule has 152 valence electrons. The zero-order valence-corrected chi connectivity index (χ0v) is 17.0. The Morgan fingerprint density at radius 3 is 2.69 bits per heavy atom. The molecule has 0 amide bonds. The van der Waals surface area contributed by atoms with Gasteiger partial charge in [-0.2, -0.15) is 4.52 Å². The first kappa shape index (κ1) is 18.1. The van der Waals surface area contributed by atoms with Gasteiger partial charge in [-0.25, -0.2) is 4.98 Å². The van der Waals surface area contributed by atoms with Gasteiger partial charge in [0.15, 0.2) is 17.3 Å². The van der Waals surface area contributed by atoms with Crippen molar-refractivity contribution in [2.45, 2.75) is 45.1 Å². The highest BCUT2D eigenvalue weighted by molar-refractivity contribution is 5.48. The quantitative estimate of drug-likeness (QED) is 0.706. The minimum absolute atomic E-state index is 0.0133. The van der Waals surface area contributed by atoms with Gasteiger partial charge in [0.25, 0.3) is 5.56 Å². The van der Waals surface area contributed by atoms with Crippen molar-refractivity contribution >= 4 is 17.3 Å². The number of hydrogen-bond acceptors (Lipinski definition) is 7. The minimum Gasteiger partial charge on any atom is -0.365 e. The number of hydrogen-bond donors (Lipinski definition) is 1. The third-order valence-corrected chi connectivity index (χ3v) is 5.57. The molecule has 0 bridgehead atoms. The topological polar surface area (TPSA) is 93.2 Å². The van der Waals surface area contributed by atoms with Gasteiger partial charge >= 0.3 is 0 Å². The van der Waals surface area contributed by atoms with Crippen molar-refractivity contribution < 1.29 is 0 Å². The highest BCUT2D eigenvalue weighted by atomic mass is 16.1. The third-order valence-electron chi connectivity index (χ3n) is 5.57. The predicted molar refractivity (Wildman–Crippen MR) is 110 cm³/mol. The Morgan fingerprint density at radius 2 is 1.97 bits per heavy atom. The van der Waals surface area contributed by atoms with E-state index in [2.05, 4.69) is 46.2 Å². The second-order valence-corrected chi connectivity index (χ2v) is 9.11. The summed E-state index contributed by atoms with van der Waals surface area (Å²) in [6.45, 7) is 8.84. The highest BCUT2D eigenvalue weighted by Crippen LogP contribution is 2.33. The number of anilines is 2. The van der Waals surface area contributed by atoms with Crippen molar-refractivity contribution in [3.05, 3.63) is 40.7 Å². The zero-order valence-electron chi connectivity index (χ0n) is 17.0. The van der Waals surface area contributed by atoms with E-state index in [9.17, 15) is 4.79 Å². The van der Waals surface area contributed by atoms with Crippen molar-refractivity contribution in [2.75, 3.05) is 29.9 Å². The van der Waals surface area contributed by atoms with E-state index in [0.717, 1.165) is 49.8 Å². The first-order valence-electron chi connectivity index (χ1n) is 10.2. The van der Waals surface area contributed by atoms with Crippen LogP contribution in [0.4, 0.5) is 11.6 Å². The number of rotatable bonds is 5. The van der Waals surface area contributed by atoms with Gasteiger partial charge in [0, 0.05) is 49.4 Å². The molecule has 9 heteroatoms. The molecule has 9 nitrogen and oxygen atoms in total. The summed E-state index contributed by atoms with van der Waals surface area (Å²) in [5.74, 6) is 2.69. The number of aromatic nitrogens is 6. The molecule has 3 aromatic rings. The second kappa shape index (κ2) is 6.53. The van der Waals surface area contributed by atoms with Gasteiger partial charge in [-0.1, -0.05) is 20.8 Å². The molecule has 0 atom stereocenters. The maximum absolute atomic E-state index is 12.5. The summed E-state index contributed by atoms with van der Waals surface area (Å²) >= 11 is 0. The molecule has 1 aliphatic heterocycles. The molecule has 1 N–H and O–H groups in total. The van der Waals surface area contributed by atoms with Crippen molar-refractivity contribution in [3.8, 4) is 0 Å². The smallest absolute Gasteiger partial charge is 0.293 e. The molecule has 0 radical (unpaired) electrons. The maximum atomic E-state index is 12.5. The molecule has 1 saturated heterocycles. The van der Waals surface area contributed by atoms with Gasteiger partial charge < -0.3 is 14.8 Å². The van der Waals surface area contributed by atoms with E-state index in [1.165, 1.54) is 0 Å². The Hall–Kier alpha value is -2.97. The maximum Gasteiger partial charge on any atom is 0.293 e. The molecule has 1 aliphatic carbocycles. The van der Waals surface area contributed by atoms with E-state index in [0.29, 0.717) is 17.8 Å². The Morgan fingerprint density at radius 1 is 1.17 bits per heavy atom.